The van der Waals surface area contributed by atoms with Crippen LogP contribution in [0.2, 0.25) is 0 Å². The molecule has 0 unspecified atom stereocenters. The van der Waals surface area contributed by atoms with E-state index in [1.807, 2.05) is 13.0 Å². The number of ether oxygens (including phenoxy) is 1. The lowest BCUT2D eigenvalue weighted by molar-refractivity contribution is -0.121. The predicted molar refractivity (Wildman–Crippen MR) is 154 cm³/mol. The van der Waals surface area contributed by atoms with Gasteiger partial charge in [0.1, 0.15) is 17.9 Å². The molecule has 0 aliphatic heterocycles. The Morgan fingerprint density at radius 2 is 1.32 bits per heavy atom. The predicted octanol–water partition coefficient (Wildman–Crippen LogP) is 7.45. The first kappa shape index (κ1) is 31.4. The topological polar surface area (TPSA) is 75.6 Å². The van der Waals surface area contributed by atoms with Crippen molar-refractivity contribution in [1.29, 1.82) is 0 Å². The van der Waals surface area contributed by atoms with Gasteiger partial charge in [-0.2, -0.15) is 0 Å². The Hall–Kier alpha value is -3.60. The highest BCUT2D eigenvalue weighted by molar-refractivity contribution is 5.92. The van der Waals surface area contributed by atoms with Crippen LogP contribution >= 0.6 is 0 Å². The highest BCUT2D eigenvalue weighted by Gasteiger charge is 2.12. The fourth-order valence-electron chi connectivity index (χ4n) is 3.17. The minimum absolute atomic E-state index is 0.0534. The van der Waals surface area contributed by atoms with Crippen molar-refractivity contribution in [2.75, 3.05) is 13.2 Å². The first-order valence-electron chi connectivity index (χ1n) is 13.2. The maximum Gasteiger partial charge on any atom is 0.341 e. The number of esters is 1. The van der Waals surface area contributed by atoms with Gasteiger partial charge >= 0.3 is 5.97 Å². The van der Waals surface area contributed by atoms with Gasteiger partial charge < -0.3 is 15.2 Å². The Morgan fingerprint density at radius 3 is 1.84 bits per heavy atom. The van der Waals surface area contributed by atoms with Gasteiger partial charge in [0, 0.05) is 6.42 Å². The second kappa shape index (κ2) is 21.7. The maximum atomic E-state index is 12.0. The summed E-state index contributed by atoms with van der Waals surface area (Å²) in [6, 6.07) is 4.76. The van der Waals surface area contributed by atoms with E-state index in [-0.39, 0.29) is 30.4 Å². The second-order valence-corrected chi connectivity index (χ2v) is 8.46. The molecule has 5 nitrogen and oxygen atoms in total. The number of hydrogen-bond donors (Lipinski definition) is 2. The van der Waals surface area contributed by atoms with Gasteiger partial charge in [-0.1, -0.05) is 85.9 Å². The van der Waals surface area contributed by atoms with Crippen molar-refractivity contribution >= 4 is 11.9 Å². The zero-order valence-electron chi connectivity index (χ0n) is 22.4. The summed E-state index contributed by atoms with van der Waals surface area (Å²) in [5.74, 6) is -0.802. The Labute approximate surface area is 223 Å². The number of allylic oxidation sites excluding steroid dienone is 12. The van der Waals surface area contributed by atoms with Gasteiger partial charge in [-0.15, -0.1) is 0 Å². The first-order chi connectivity index (χ1) is 18.0. The van der Waals surface area contributed by atoms with Gasteiger partial charge in [-0.3, -0.25) is 4.79 Å². The molecule has 0 aliphatic rings. The van der Waals surface area contributed by atoms with Crippen molar-refractivity contribution in [3.05, 3.63) is 102 Å². The third-order valence-electron chi connectivity index (χ3n) is 5.17. The van der Waals surface area contributed by atoms with E-state index in [0.717, 1.165) is 44.1 Å². The highest BCUT2D eigenvalue weighted by atomic mass is 16.5. The molecule has 0 radical (unpaired) electrons. The highest BCUT2D eigenvalue weighted by Crippen LogP contribution is 2.19. The van der Waals surface area contributed by atoms with Crippen molar-refractivity contribution in [3.63, 3.8) is 0 Å². The van der Waals surface area contributed by atoms with Crippen LogP contribution in [0.5, 0.6) is 5.75 Å². The summed E-state index contributed by atoms with van der Waals surface area (Å²) in [6.07, 6.45) is 32.7. The number of phenolic OH excluding ortho intramolecular Hbond substituents is 1. The van der Waals surface area contributed by atoms with Crippen LogP contribution in [0.25, 0.3) is 0 Å². The van der Waals surface area contributed by atoms with Gasteiger partial charge in [0.05, 0.1) is 6.54 Å². The Morgan fingerprint density at radius 1 is 0.811 bits per heavy atom. The zero-order chi connectivity index (χ0) is 27.0. The maximum absolute atomic E-state index is 12.0. The van der Waals surface area contributed by atoms with Crippen molar-refractivity contribution in [3.8, 4) is 5.75 Å². The van der Waals surface area contributed by atoms with Gasteiger partial charge in [-0.05, 0) is 69.6 Å². The lowest BCUT2D eigenvalue weighted by Gasteiger charge is -2.08. The molecule has 0 aromatic heterocycles. The van der Waals surface area contributed by atoms with Gasteiger partial charge in [0.25, 0.3) is 0 Å². The molecule has 1 rings (SSSR count). The van der Waals surface area contributed by atoms with Crippen LogP contribution < -0.4 is 5.32 Å². The summed E-state index contributed by atoms with van der Waals surface area (Å²) in [7, 11) is 0. The quantitative estimate of drug-likeness (QED) is 0.123. The summed E-state index contributed by atoms with van der Waals surface area (Å²) >= 11 is 0. The Balaban J connectivity index is 2.01. The SMILES string of the molecule is CC/C=C\C/C=C\C/C=C\C/C=C\C/C=C\C/C=C\CCC(=O)NCCOC(=O)c1ccc(C)cc1O. The zero-order valence-corrected chi connectivity index (χ0v) is 22.4. The molecule has 1 aromatic rings. The molecule has 0 heterocycles. The average Bonchev–Trinajstić information content (AvgIpc) is 2.88. The number of aryl methyl sites for hydroxylation is 1. The van der Waals surface area contributed by atoms with Gasteiger partial charge in [0.15, 0.2) is 0 Å². The number of hydrogen-bond acceptors (Lipinski definition) is 4. The van der Waals surface area contributed by atoms with E-state index in [1.165, 1.54) is 12.1 Å². The van der Waals surface area contributed by atoms with Crippen LogP contribution in [0, 0.1) is 6.92 Å². The molecule has 0 atom stereocenters. The fourth-order valence-corrected chi connectivity index (χ4v) is 3.17. The number of amides is 1. The number of rotatable bonds is 18. The number of nitrogens with one attached hydrogen (secondary N) is 1. The van der Waals surface area contributed by atoms with Crippen molar-refractivity contribution in [2.24, 2.45) is 0 Å². The lowest BCUT2D eigenvalue weighted by atomic mass is 10.1. The molecule has 2 N–H and O–H groups in total. The molecule has 0 fully saturated rings. The van der Waals surface area contributed by atoms with Crippen molar-refractivity contribution < 1.29 is 19.4 Å². The molecule has 1 aromatic carbocycles. The van der Waals surface area contributed by atoms with Crippen LogP contribution in [0.15, 0.2) is 91.1 Å². The molecule has 0 saturated carbocycles. The number of aromatic hydroxyl groups is 1. The molecule has 1 amide bonds. The van der Waals surface area contributed by atoms with E-state index in [0.29, 0.717) is 12.8 Å². The van der Waals surface area contributed by atoms with Crippen molar-refractivity contribution in [1.82, 2.24) is 5.32 Å². The molecule has 0 bridgehead atoms. The summed E-state index contributed by atoms with van der Waals surface area (Å²) in [5, 5.41) is 12.5. The lowest BCUT2D eigenvalue weighted by Crippen LogP contribution is -2.27. The third kappa shape index (κ3) is 17.5. The van der Waals surface area contributed by atoms with Crippen LogP contribution in [0.4, 0.5) is 0 Å². The number of carbonyl (C=O) groups is 2. The Kier molecular flexibility index (Phi) is 18.4. The first-order valence-corrected chi connectivity index (χ1v) is 13.2. The van der Waals surface area contributed by atoms with Crippen LogP contribution in [0.1, 0.15) is 74.2 Å². The molecule has 0 spiro atoms. The van der Waals surface area contributed by atoms with Crippen LogP contribution in [-0.4, -0.2) is 30.1 Å². The minimum atomic E-state index is -0.607. The summed E-state index contributed by atoms with van der Waals surface area (Å²) < 4.78 is 5.10. The summed E-state index contributed by atoms with van der Waals surface area (Å²) in [4.78, 5) is 23.8. The minimum Gasteiger partial charge on any atom is -0.507 e. The number of phenols is 1. The molecular formula is C32H43NO4. The van der Waals surface area contributed by atoms with Gasteiger partial charge in [-0.25, -0.2) is 4.79 Å². The molecule has 5 heteroatoms. The molecule has 0 aliphatic carbocycles. The average molecular weight is 506 g/mol. The monoisotopic (exact) mass is 505 g/mol. The summed E-state index contributed by atoms with van der Waals surface area (Å²) in [6.45, 7) is 4.26. The molecular weight excluding hydrogens is 462 g/mol. The molecule has 0 saturated heterocycles. The third-order valence-corrected chi connectivity index (χ3v) is 5.17. The standard InChI is InChI=1S/C32H43NO4/c1-3-4-5-6-7-8-9-10-11-12-13-14-15-16-17-18-19-20-21-22-31(35)33-25-26-37-32(36)29-24-23-28(2)27-30(29)34/h4-5,7-8,10-11,13-14,16-17,19-20,23-24,27,34H,3,6,9,12,15,18,21-22,25-26H2,1-2H3,(H,33,35)/b5-4-,8-7-,11-10-,14-13-,17-16-,20-19-. The largest absolute Gasteiger partial charge is 0.507 e. The van der Waals surface area contributed by atoms with E-state index >= 15 is 0 Å². The Bertz CT molecular complexity index is 967. The number of carbonyl (C=O) groups excluding carboxylic acids is 2. The fraction of sp³-hybridized carbons (Fsp3) is 0.375. The normalized spacial score (nSPS) is 12.3. The van der Waals surface area contributed by atoms with Crippen LogP contribution in [0.3, 0.4) is 0 Å². The van der Waals surface area contributed by atoms with Crippen LogP contribution in [-0.2, 0) is 9.53 Å². The van der Waals surface area contributed by atoms with E-state index in [9.17, 15) is 14.7 Å². The van der Waals surface area contributed by atoms with E-state index in [4.69, 9.17) is 4.74 Å². The molecule has 200 valence electrons. The smallest absolute Gasteiger partial charge is 0.341 e. The van der Waals surface area contributed by atoms with Crippen molar-refractivity contribution in [2.45, 2.75) is 65.2 Å². The summed E-state index contributed by atoms with van der Waals surface area (Å²) in [5.41, 5.74) is 0.975. The van der Waals surface area contributed by atoms with E-state index < -0.39 is 5.97 Å². The second-order valence-electron chi connectivity index (χ2n) is 8.46. The number of benzene rings is 1. The molecule has 37 heavy (non-hydrogen) atoms. The van der Waals surface area contributed by atoms with Gasteiger partial charge in [0.2, 0.25) is 5.91 Å². The van der Waals surface area contributed by atoms with E-state index in [2.05, 4.69) is 79.1 Å². The van der Waals surface area contributed by atoms with E-state index in [1.54, 1.807) is 6.07 Å².